The van der Waals surface area contributed by atoms with Gasteiger partial charge in [-0.25, -0.2) is 9.97 Å². The summed E-state index contributed by atoms with van der Waals surface area (Å²) in [5, 5.41) is 8.39. The van der Waals surface area contributed by atoms with Crippen LogP contribution in [0.25, 0.3) is 11.0 Å². The number of anilines is 1. The third-order valence-electron chi connectivity index (χ3n) is 2.86. The van der Waals surface area contributed by atoms with Crippen molar-refractivity contribution in [1.82, 2.24) is 19.7 Å². The number of nitrogens with two attached hydrogens (primary N) is 1. The molecule has 0 radical (unpaired) electrons. The summed E-state index contributed by atoms with van der Waals surface area (Å²) in [7, 11) is 1.87. The molecule has 2 rings (SSSR count). The average molecular weight is 234 g/mol. The fourth-order valence-electron chi connectivity index (χ4n) is 1.68. The highest BCUT2D eigenvalue weighted by molar-refractivity contribution is 5.85. The van der Waals surface area contributed by atoms with Gasteiger partial charge in [-0.2, -0.15) is 5.10 Å². The van der Waals surface area contributed by atoms with Gasteiger partial charge in [0.1, 0.15) is 12.1 Å². The van der Waals surface area contributed by atoms with Crippen molar-refractivity contribution in [3.8, 4) is 0 Å². The minimum Gasteiger partial charge on any atom is -0.369 e. The number of aromatic nitrogens is 4. The van der Waals surface area contributed by atoms with E-state index in [0.717, 1.165) is 36.2 Å². The highest BCUT2D eigenvalue weighted by atomic mass is 15.3. The van der Waals surface area contributed by atoms with Gasteiger partial charge in [-0.3, -0.25) is 4.68 Å². The second-order valence-electron chi connectivity index (χ2n) is 4.11. The van der Waals surface area contributed by atoms with Crippen LogP contribution < -0.4 is 11.1 Å². The van der Waals surface area contributed by atoms with Gasteiger partial charge in [0.25, 0.3) is 0 Å². The lowest BCUT2D eigenvalue weighted by molar-refractivity contribution is 0.613. The Labute approximate surface area is 100 Å². The highest BCUT2D eigenvalue weighted by Gasteiger charge is 2.07. The van der Waals surface area contributed by atoms with Gasteiger partial charge in [-0.1, -0.05) is 6.92 Å². The summed E-state index contributed by atoms with van der Waals surface area (Å²) in [4.78, 5) is 8.41. The van der Waals surface area contributed by atoms with E-state index in [9.17, 15) is 0 Å². The maximum Gasteiger partial charge on any atom is 0.163 e. The molecular weight excluding hydrogens is 216 g/mol. The molecule has 0 fully saturated rings. The van der Waals surface area contributed by atoms with Crippen LogP contribution in [0.1, 0.15) is 19.8 Å². The first kappa shape index (κ1) is 11.8. The largest absolute Gasteiger partial charge is 0.369 e. The Hall–Kier alpha value is -1.69. The first-order valence-corrected chi connectivity index (χ1v) is 5.84. The van der Waals surface area contributed by atoms with Gasteiger partial charge in [0.05, 0.1) is 11.6 Å². The molecule has 2 aromatic heterocycles. The SMILES string of the molecule is CCC(N)CCNc1ncnc2c1cnn2C. The molecule has 0 saturated heterocycles. The molecule has 3 N–H and O–H groups in total. The lowest BCUT2D eigenvalue weighted by Gasteiger charge is -2.10. The molecule has 92 valence electrons. The van der Waals surface area contributed by atoms with Crippen LogP contribution in [0.15, 0.2) is 12.5 Å². The molecule has 0 aliphatic rings. The molecule has 0 aliphatic heterocycles. The van der Waals surface area contributed by atoms with E-state index in [1.54, 1.807) is 17.2 Å². The van der Waals surface area contributed by atoms with E-state index < -0.39 is 0 Å². The molecule has 17 heavy (non-hydrogen) atoms. The van der Waals surface area contributed by atoms with Crippen LogP contribution in [0.4, 0.5) is 5.82 Å². The normalized spacial score (nSPS) is 12.9. The number of hydrogen-bond donors (Lipinski definition) is 2. The molecule has 0 bridgehead atoms. The number of fused-ring (bicyclic) bond motifs is 1. The zero-order chi connectivity index (χ0) is 12.3. The first-order valence-electron chi connectivity index (χ1n) is 5.84. The number of hydrogen-bond acceptors (Lipinski definition) is 5. The van der Waals surface area contributed by atoms with E-state index in [-0.39, 0.29) is 6.04 Å². The van der Waals surface area contributed by atoms with Crippen molar-refractivity contribution in [3.05, 3.63) is 12.5 Å². The van der Waals surface area contributed by atoms with E-state index >= 15 is 0 Å². The molecule has 0 aliphatic carbocycles. The summed E-state index contributed by atoms with van der Waals surface area (Å²) in [5.74, 6) is 0.825. The van der Waals surface area contributed by atoms with Crippen LogP contribution in [0.2, 0.25) is 0 Å². The van der Waals surface area contributed by atoms with E-state index in [4.69, 9.17) is 5.73 Å². The maximum atomic E-state index is 5.86. The number of rotatable bonds is 5. The van der Waals surface area contributed by atoms with E-state index in [2.05, 4.69) is 27.3 Å². The monoisotopic (exact) mass is 234 g/mol. The van der Waals surface area contributed by atoms with Crippen molar-refractivity contribution in [2.75, 3.05) is 11.9 Å². The number of nitrogens with one attached hydrogen (secondary N) is 1. The summed E-state index contributed by atoms with van der Waals surface area (Å²) in [5.41, 5.74) is 6.70. The van der Waals surface area contributed by atoms with Crippen molar-refractivity contribution in [3.63, 3.8) is 0 Å². The van der Waals surface area contributed by atoms with Crippen LogP contribution in [0.3, 0.4) is 0 Å². The summed E-state index contributed by atoms with van der Waals surface area (Å²) in [6.45, 7) is 2.91. The Bertz CT molecular complexity index is 492. The van der Waals surface area contributed by atoms with Gasteiger partial charge in [0, 0.05) is 19.6 Å². The van der Waals surface area contributed by atoms with Crippen LogP contribution in [-0.2, 0) is 7.05 Å². The van der Waals surface area contributed by atoms with E-state index in [1.165, 1.54) is 0 Å². The third-order valence-corrected chi connectivity index (χ3v) is 2.86. The highest BCUT2D eigenvalue weighted by Crippen LogP contribution is 2.17. The molecule has 6 heteroatoms. The van der Waals surface area contributed by atoms with Crippen LogP contribution in [0.5, 0.6) is 0 Å². The smallest absolute Gasteiger partial charge is 0.163 e. The molecule has 0 amide bonds. The second-order valence-corrected chi connectivity index (χ2v) is 4.11. The van der Waals surface area contributed by atoms with Crippen LogP contribution in [0, 0.1) is 0 Å². The summed E-state index contributed by atoms with van der Waals surface area (Å²) >= 11 is 0. The van der Waals surface area contributed by atoms with Gasteiger partial charge in [0.2, 0.25) is 0 Å². The maximum absolute atomic E-state index is 5.86. The van der Waals surface area contributed by atoms with Crippen LogP contribution >= 0.6 is 0 Å². The predicted octanol–water partition coefficient (Wildman–Crippen LogP) is 0.903. The molecular formula is C11H18N6. The average Bonchev–Trinajstić information content (AvgIpc) is 2.72. The van der Waals surface area contributed by atoms with Gasteiger partial charge in [-0.15, -0.1) is 0 Å². The molecule has 1 atom stereocenters. The number of nitrogens with zero attached hydrogens (tertiary/aromatic N) is 4. The fraction of sp³-hybridized carbons (Fsp3) is 0.545. The minimum absolute atomic E-state index is 0.244. The summed E-state index contributed by atoms with van der Waals surface area (Å²) in [6, 6.07) is 0.244. The summed E-state index contributed by atoms with van der Waals surface area (Å²) < 4.78 is 1.74. The topological polar surface area (TPSA) is 81.7 Å². The van der Waals surface area contributed by atoms with Gasteiger partial charge >= 0.3 is 0 Å². The zero-order valence-electron chi connectivity index (χ0n) is 10.2. The predicted molar refractivity (Wildman–Crippen MR) is 67.7 cm³/mol. The molecule has 6 nitrogen and oxygen atoms in total. The quantitative estimate of drug-likeness (QED) is 0.803. The van der Waals surface area contributed by atoms with Crippen molar-refractivity contribution in [2.45, 2.75) is 25.8 Å². The minimum atomic E-state index is 0.244. The van der Waals surface area contributed by atoms with Crippen molar-refractivity contribution >= 4 is 16.9 Å². The Balaban J connectivity index is 2.08. The van der Waals surface area contributed by atoms with Crippen LogP contribution in [-0.4, -0.2) is 32.3 Å². The molecule has 0 saturated carbocycles. The molecule has 0 aromatic carbocycles. The standard InChI is InChI=1S/C11H18N6/c1-3-8(12)4-5-13-10-9-6-16-17(2)11(9)15-7-14-10/h6-8H,3-5,12H2,1-2H3,(H,13,14,15). The lowest BCUT2D eigenvalue weighted by atomic mass is 10.2. The lowest BCUT2D eigenvalue weighted by Crippen LogP contribution is -2.22. The third kappa shape index (κ3) is 2.52. The molecule has 2 heterocycles. The molecule has 0 spiro atoms. The van der Waals surface area contributed by atoms with Crippen molar-refractivity contribution < 1.29 is 0 Å². The van der Waals surface area contributed by atoms with Crippen molar-refractivity contribution in [1.29, 1.82) is 0 Å². The van der Waals surface area contributed by atoms with Gasteiger partial charge in [0.15, 0.2) is 5.65 Å². The number of aryl methyl sites for hydroxylation is 1. The molecule has 2 aromatic rings. The molecule has 1 unspecified atom stereocenters. The first-order chi connectivity index (χ1) is 8.22. The Morgan fingerprint density at radius 2 is 2.29 bits per heavy atom. The summed E-state index contributed by atoms with van der Waals surface area (Å²) in [6.07, 6.45) is 5.25. The van der Waals surface area contributed by atoms with E-state index in [1.807, 2.05) is 7.05 Å². The van der Waals surface area contributed by atoms with Crippen molar-refractivity contribution in [2.24, 2.45) is 12.8 Å². The Morgan fingerprint density at radius 1 is 1.47 bits per heavy atom. The second kappa shape index (κ2) is 5.09. The zero-order valence-corrected chi connectivity index (χ0v) is 10.2. The Morgan fingerprint density at radius 3 is 3.06 bits per heavy atom. The fourth-order valence-corrected chi connectivity index (χ4v) is 1.68. The van der Waals surface area contributed by atoms with E-state index in [0.29, 0.717) is 0 Å². The van der Waals surface area contributed by atoms with Gasteiger partial charge < -0.3 is 11.1 Å². The Kier molecular flexibility index (Phi) is 3.53. The van der Waals surface area contributed by atoms with Gasteiger partial charge in [-0.05, 0) is 12.8 Å².